The average Bonchev–Trinajstić information content (AvgIpc) is 2.96. The van der Waals surface area contributed by atoms with Gasteiger partial charge in [0, 0.05) is 28.3 Å². The Hall–Kier alpha value is -5.03. The van der Waals surface area contributed by atoms with Gasteiger partial charge >= 0.3 is 6.18 Å². The number of aromatic nitrogens is 2. The van der Waals surface area contributed by atoms with Crippen LogP contribution in [0.4, 0.5) is 18.9 Å². The molecule has 206 valence electrons. The average molecular weight is 579 g/mol. The highest BCUT2D eigenvalue weighted by molar-refractivity contribution is 6.30. The highest BCUT2D eigenvalue weighted by Crippen LogP contribution is 2.32. The van der Waals surface area contributed by atoms with Crippen LogP contribution in [0.3, 0.4) is 0 Å². The van der Waals surface area contributed by atoms with Gasteiger partial charge in [0.2, 0.25) is 0 Å². The lowest BCUT2D eigenvalue weighted by Crippen LogP contribution is -2.20. The molecule has 0 saturated carbocycles. The van der Waals surface area contributed by atoms with Gasteiger partial charge < -0.3 is 4.74 Å². The summed E-state index contributed by atoms with van der Waals surface area (Å²) >= 11 is 6.19. The van der Waals surface area contributed by atoms with Crippen LogP contribution < -0.4 is 10.3 Å². The van der Waals surface area contributed by atoms with E-state index in [2.05, 4.69) is 10.1 Å². The molecule has 0 bridgehead atoms. The maximum absolute atomic E-state index is 13.4. The fourth-order valence-corrected chi connectivity index (χ4v) is 4.18. The monoisotopic (exact) mass is 578 g/mol. The summed E-state index contributed by atoms with van der Waals surface area (Å²) in [4.78, 5) is 28.3. The molecule has 0 amide bonds. The second-order valence-corrected chi connectivity index (χ2v) is 9.22. The van der Waals surface area contributed by atoms with Crippen LogP contribution in [-0.2, 0) is 12.8 Å². The van der Waals surface area contributed by atoms with E-state index < -0.39 is 22.2 Å². The third kappa shape index (κ3) is 6.10. The lowest BCUT2D eigenvalue weighted by molar-refractivity contribution is -0.384. The second-order valence-electron chi connectivity index (χ2n) is 8.79. The van der Waals surface area contributed by atoms with E-state index in [1.807, 2.05) is 0 Å². The number of nitro benzene ring substituents is 1. The molecule has 41 heavy (non-hydrogen) atoms. The molecule has 0 aliphatic carbocycles. The third-order valence-electron chi connectivity index (χ3n) is 6.03. The minimum Gasteiger partial charge on any atom is -0.488 e. The number of hydrogen-bond donors (Lipinski definition) is 0. The van der Waals surface area contributed by atoms with Crippen molar-refractivity contribution in [1.82, 2.24) is 9.66 Å². The molecule has 0 radical (unpaired) electrons. The van der Waals surface area contributed by atoms with Crippen molar-refractivity contribution < 1.29 is 22.8 Å². The van der Waals surface area contributed by atoms with Crippen LogP contribution in [0.5, 0.6) is 5.75 Å². The van der Waals surface area contributed by atoms with E-state index in [-0.39, 0.29) is 29.1 Å². The smallest absolute Gasteiger partial charge is 0.416 e. The maximum atomic E-state index is 13.4. The molecule has 0 unspecified atom stereocenters. The Labute approximate surface area is 235 Å². The summed E-state index contributed by atoms with van der Waals surface area (Å²) in [5.74, 6) is 0.241. The molecule has 1 aromatic heterocycles. The van der Waals surface area contributed by atoms with Gasteiger partial charge in [0.15, 0.2) is 5.82 Å². The summed E-state index contributed by atoms with van der Waals surface area (Å²) in [5.41, 5.74) is -0.171. The predicted molar refractivity (Wildman–Crippen MR) is 148 cm³/mol. The Kier molecular flexibility index (Phi) is 7.54. The van der Waals surface area contributed by atoms with E-state index >= 15 is 0 Å². The van der Waals surface area contributed by atoms with Gasteiger partial charge in [0.1, 0.15) is 12.4 Å². The molecular formula is C29H18ClF3N4O4. The van der Waals surface area contributed by atoms with Gasteiger partial charge in [-0.05, 0) is 60.2 Å². The third-order valence-corrected chi connectivity index (χ3v) is 6.26. The molecular weight excluding hydrogens is 561 g/mol. The number of benzene rings is 4. The predicted octanol–water partition coefficient (Wildman–Crippen LogP) is 7.11. The molecule has 0 N–H and O–H groups in total. The van der Waals surface area contributed by atoms with Crippen molar-refractivity contribution in [2.75, 3.05) is 0 Å². The number of para-hydroxylation sites is 1. The lowest BCUT2D eigenvalue weighted by Gasteiger charge is -2.13. The molecule has 12 heteroatoms. The Balaban J connectivity index is 1.55. The number of alkyl halides is 3. The number of nitrogens with zero attached hydrogens (tertiary/aromatic N) is 4. The number of halogens is 4. The zero-order valence-electron chi connectivity index (χ0n) is 20.9. The molecule has 0 saturated heterocycles. The van der Waals surface area contributed by atoms with Crippen LogP contribution in [0.1, 0.15) is 16.7 Å². The molecule has 0 atom stereocenters. The fraction of sp³-hybridized carbons (Fsp3) is 0.0690. The molecule has 4 aromatic carbocycles. The molecule has 1 heterocycles. The standard InChI is InChI=1S/C29H18ClF3N4O4/c30-22-10-13-26(41-17-18-8-11-23(12-9-18)37(39)40)20(15-22)16-34-36-27(19-4-3-5-21(14-19)29(31,32)33)35-25-7-2-1-6-24(25)28(36)38/h1-16H,17H2. The Morgan fingerprint density at radius 2 is 1.76 bits per heavy atom. The van der Waals surface area contributed by atoms with E-state index in [4.69, 9.17) is 16.3 Å². The molecule has 0 spiro atoms. The summed E-state index contributed by atoms with van der Waals surface area (Å²) in [6, 6.07) is 21.5. The number of fused-ring (bicyclic) bond motifs is 1. The zero-order chi connectivity index (χ0) is 29.1. The van der Waals surface area contributed by atoms with Crippen molar-refractivity contribution in [2.24, 2.45) is 5.10 Å². The summed E-state index contributed by atoms with van der Waals surface area (Å²) < 4.78 is 47.1. The van der Waals surface area contributed by atoms with Gasteiger partial charge in [-0.1, -0.05) is 35.9 Å². The minimum absolute atomic E-state index is 0.0422. The second kappa shape index (κ2) is 11.2. The van der Waals surface area contributed by atoms with Crippen LogP contribution in [-0.4, -0.2) is 20.8 Å². The number of ether oxygens (including phenoxy) is 1. The van der Waals surface area contributed by atoms with Crippen LogP contribution in [0.2, 0.25) is 5.02 Å². The summed E-state index contributed by atoms with van der Waals surface area (Å²) in [6.45, 7) is 0.0629. The molecule has 5 rings (SSSR count). The van der Waals surface area contributed by atoms with Gasteiger partial charge in [-0.15, -0.1) is 0 Å². The topological polar surface area (TPSA) is 99.6 Å². The molecule has 0 aliphatic heterocycles. The van der Waals surface area contributed by atoms with Gasteiger partial charge in [-0.2, -0.15) is 22.9 Å². The summed E-state index contributed by atoms with van der Waals surface area (Å²) in [7, 11) is 0. The first kappa shape index (κ1) is 27.5. The molecule has 0 aliphatic rings. The quantitative estimate of drug-likeness (QED) is 0.116. The summed E-state index contributed by atoms with van der Waals surface area (Å²) in [6.07, 6.45) is -3.30. The van der Waals surface area contributed by atoms with E-state index in [1.54, 1.807) is 54.6 Å². The largest absolute Gasteiger partial charge is 0.488 e. The molecule has 8 nitrogen and oxygen atoms in total. The number of rotatable bonds is 7. The minimum atomic E-state index is -4.60. The summed E-state index contributed by atoms with van der Waals surface area (Å²) in [5, 5.41) is 15.8. The molecule has 5 aromatic rings. The maximum Gasteiger partial charge on any atom is 0.416 e. The van der Waals surface area contributed by atoms with Gasteiger partial charge in [-0.3, -0.25) is 14.9 Å². The van der Waals surface area contributed by atoms with Crippen molar-refractivity contribution in [2.45, 2.75) is 12.8 Å². The first-order valence-corrected chi connectivity index (χ1v) is 12.4. The van der Waals surface area contributed by atoms with E-state index in [0.717, 1.165) is 16.8 Å². The van der Waals surface area contributed by atoms with E-state index in [1.165, 1.54) is 30.5 Å². The first-order valence-electron chi connectivity index (χ1n) is 12.0. The lowest BCUT2D eigenvalue weighted by atomic mass is 10.1. The molecule has 0 fully saturated rings. The number of hydrogen-bond acceptors (Lipinski definition) is 6. The number of nitro groups is 1. The first-order chi connectivity index (χ1) is 19.6. The van der Waals surface area contributed by atoms with Crippen LogP contribution in [0.15, 0.2) is 101 Å². The van der Waals surface area contributed by atoms with Crippen molar-refractivity contribution in [3.8, 4) is 17.1 Å². The van der Waals surface area contributed by atoms with Gasteiger partial charge in [0.25, 0.3) is 11.2 Å². The Bertz CT molecular complexity index is 1850. The van der Waals surface area contributed by atoms with Crippen LogP contribution in [0, 0.1) is 10.1 Å². The Morgan fingerprint density at radius 3 is 2.49 bits per heavy atom. The Morgan fingerprint density at radius 1 is 1.00 bits per heavy atom. The van der Waals surface area contributed by atoms with Crippen molar-refractivity contribution in [3.63, 3.8) is 0 Å². The highest BCUT2D eigenvalue weighted by atomic mass is 35.5. The highest BCUT2D eigenvalue weighted by Gasteiger charge is 2.31. The zero-order valence-corrected chi connectivity index (χ0v) is 21.6. The van der Waals surface area contributed by atoms with Crippen LogP contribution >= 0.6 is 11.6 Å². The van der Waals surface area contributed by atoms with Crippen molar-refractivity contribution in [1.29, 1.82) is 0 Å². The van der Waals surface area contributed by atoms with Gasteiger partial charge in [-0.25, -0.2) is 4.98 Å². The van der Waals surface area contributed by atoms with Crippen molar-refractivity contribution >= 4 is 34.4 Å². The van der Waals surface area contributed by atoms with E-state index in [9.17, 15) is 28.1 Å². The fourth-order valence-electron chi connectivity index (χ4n) is 4.00. The van der Waals surface area contributed by atoms with Gasteiger partial charge in [0.05, 0.1) is 27.6 Å². The van der Waals surface area contributed by atoms with Crippen LogP contribution in [0.25, 0.3) is 22.3 Å². The van der Waals surface area contributed by atoms with Crippen molar-refractivity contribution in [3.05, 3.63) is 133 Å². The normalized spacial score (nSPS) is 11.7. The SMILES string of the molecule is O=c1c2ccccc2nc(-c2cccc(C(F)(F)F)c2)n1N=Cc1cc(Cl)ccc1OCc1ccc([N+](=O)[O-])cc1. The van der Waals surface area contributed by atoms with E-state index in [0.29, 0.717) is 27.4 Å². The number of non-ortho nitro benzene ring substituents is 1.